The third kappa shape index (κ3) is 5.13. The minimum Gasteiger partial charge on any atom is -0.488 e. The number of hydrogen-bond acceptors (Lipinski definition) is 4. The molecule has 1 aromatic carbocycles. The Kier molecular flexibility index (Phi) is 6.16. The Morgan fingerprint density at radius 3 is 2.38 bits per heavy atom. The first-order valence-electron chi connectivity index (χ1n) is 9.09. The van der Waals surface area contributed by atoms with Crippen LogP contribution in [0.3, 0.4) is 0 Å². The van der Waals surface area contributed by atoms with Crippen LogP contribution in [-0.4, -0.2) is 46.4 Å². The smallest absolute Gasteiger partial charge is 0.411 e. The third-order valence-corrected chi connectivity index (χ3v) is 4.54. The van der Waals surface area contributed by atoms with E-state index < -0.39 is 23.7 Å². The van der Waals surface area contributed by atoms with Gasteiger partial charge in [0.2, 0.25) is 0 Å². The van der Waals surface area contributed by atoms with E-state index in [4.69, 9.17) is 9.47 Å². The minimum absolute atomic E-state index is 0.193. The zero-order chi connectivity index (χ0) is 19.5. The van der Waals surface area contributed by atoms with E-state index in [0.717, 1.165) is 6.42 Å². The van der Waals surface area contributed by atoms with Crippen molar-refractivity contribution in [1.82, 2.24) is 4.90 Å². The summed E-state index contributed by atoms with van der Waals surface area (Å²) in [6.45, 7) is 9.77. The van der Waals surface area contributed by atoms with Crippen LogP contribution in [0.15, 0.2) is 24.3 Å². The predicted molar refractivity (Wildman–Crippen MR) is 98.5 cm³/mol. The van der Waals surface area contributed by atoms with Crippen molar-refractivity contribution in [2.24, 2.45) is 0 Å². The van der Waals surface area contributed by atoms with Gasteiger partial charge in [0, 0.05) is 6.42 Å². The highest BCUT2D eigenvalue weighted by molar-refractivity contribution is 5.81. The molecule has 0 bridgehead atoms. The van der Waals surface area contributed by atoms with Crippen LogP contribution >= 0.6 is 0 Å². The number of nitrogens with zero attached hydrogens (tertiary/aromatic N) is 1. The van der Waals surface area contributed by atoms with Crippen molar-refractivity contribution in [2.75, 3.05) is 6.54 Å². The van der Waals surface area contributed by atoms with Crippen molar-refractivity contribution in [2.45, 2.75) is 71.1 Å². The van der Waals surface area contributed by atoms with Gasteiger partial charge in [-0.1, -0.05) is 26.0 Å². The fourth-order valence-corrected chi connectivity index (χ4v) is 2.94. The number of carbonyl (C=O) groups is 2. The van der Waals surface area contributed by atoms with Crippen molar-refractivity contribution >= 4 is 12.1 Å². The summed E-state index contributed by atoms with van der Waals surface area (Å²) in [4.78, 5) is 25.1. The second-order valence-corrected chi connectivity index (χ2v) is 7.84. The Morgan fingerprint density at radius 1 is 1.27 bits per heavy atom. The first-order valence-corrected chi connectivity index (χ1v) is 9.09. The molecule has 3 atom stereocenters. The molecule has 1 aliphatic heterocycles. The van der Waals surface area contributed by atoms with Gasteiger partial charge in [-0.15, -0.1) is 0 Å². The van der Waals surface area contributed by atoms with Crippen LogP contribution < -0.4 is 4.74 Å². The predicted octanol–water partition coefficient (Wildman–Crippen LogP) is 4.04. The molecule has 0 radical (unpaired) electrons. The van der Waals surface area contributed by atoms with Crippen LogP contribution in [0.2, 0.25) is 0 Å². The van der Waals surface area contributed by atoms with E-state index in [-0.39, 0.29) is 19.1 Å². The van der Waals surface area contributed by atoms with Gasteiger partial charge in [-0.05, 0) is 50.8 Å². The number of carbonyl (C=O) groups excluding carboxylic acids is 1. The quantitative estimate of drug-likeness (QED) is 0.854. The number of likely N-dealkylation sites (tertiary alicyclic amines) is 1. The molecular weight excluding hydrogens is 334 g/mol. The lowest BCUT2D eigenvalue weighted by atomic mass is 9.99. The highest BCUT2D eigenvalue weighted by Gasteiger charge is 2.42. The van der Waals surface area contributed by atoms with E-state index in [9.17, 15) is 14.7 Å². The normalized spacial score (nSPS) is 21.3. The molecule has 1 fully saturated rings. The summed E-state index contributed by atoms with van der Waals surface area (Å²) in [5, 5.41) is 9.43. The number of rotatable bonds is 5. The molecular formula is C20H29NO5. The minimum atomic E-state index is -1.05. The van der Waals surface area contributed by atoms with Gasteiger partial charge in [0.1, 0.15) is 23.5 Å². The lowest BCUT2D eigenvalue weighted by molar-refractivity contribution is -0.142. The molecule has 1 aromatic rings. The Bertz CT molecular complexity index is 635. The summed E-state index contributed by atoms with van der Waals surface area (Å²) < 4.78 is 11.2. The lowest BCUT2D eigenvalue weighted by Crippen LogP contribution is -2.43. The van der Waals surface area contributed by atoms with Crippen LogP contribution in [0.1, 0.15) is 58.9 Å². The topological polar surface area (TPSA) is 76.1 Å². The van der Waals surface area contributed by atoms with E-state index in [1.165, 1.54) is 10.5 Å². The molecule has 0 aliphatic carbocycles. The summed E-state index contributed by atoms with van der Waals surface area (Å²) in [7, 11) is 0. The van der Waals surface area contributed by atoms with Gasteiger partial charge in [0.15, 0.2) is 0 Å². The second kappa shape index (κ2) is 7.98. The van der Waals surface area contributed by atoms with E-state index in [1.807, 2.05) is 24.3 Å². The average Bonchev–Trinajstić information content (AvgIpc) is 2.97. The average molecular weight is 363 g/mol. The summed E-state index contributed by atoms with van der Waals surface area (Å²) in [6, 6.07) is 6.91. The van der Waals surface area contributed by atoms with Gasteiger partial charge in [-0.2, -0.15) is 0 Å². The van der Waals surface area contributed by atoms with Crippen LogP contribution in [-0.2, 0) is 9.53 Å². The standard InChI is InChI=1S/C20H29NO5/c1-6-13(2)14-7-9-15(10-8-14)25-16-11-17(18(22)23)21(12-16)19(24)26-20(3,4)5/h7-10,13,16-17H,6,11-12H2,1-5H3,(H,22,23)/t13-,16+,17+/m1/s1. The largest absolute Gasteiger partial charge is 0.488 e. The molecule has 144 valence electrons. The van der Waals surface area contributed by atoms with Crippen LogP contribution in [0.5, 0.6) is 5.75 Å². The molecule has 2 rings (SSSR count). The van der Waals surface area contributed by atoms with E-state index in [0.29, 0.717) is 11.7 Å². The number of carboxylic acid groups (broad SMARTS) is 1. The Morgan fingerprint density at radius 2 is 1.88 bits per heavy atom. The highest BCUT2D eigenvalue weighted by Crippen LogP contribution is 2.27. The van der Waals surface area contributed by atoms with Gasteiger partial charge in [0.25, 0.3) is 0 Å². The maximum Gasteiger partial charge on any atom is 0.411 e. The number of carboxylic acids is 1. The molecule has 0 unspecified atom stereocenters. The number of aliphatic carboxylic acids is 1. The zero-order valence-electron chi connectivity index (χ0n) is 16.2. The zero-order valence-corrected chi connectivity index (χ0v) is 16.2. The number of hydrogen-bond donors (Lipinski definition) is 1. The molecule has 1 heterocycles. The molecule has 1 saturated heterocycles. The Labute approximate surface area is 155 Å². The maximum absolute atomic E-state index is 12.3. The SMILES string of the molecule is CC[C@@H](C)c1ccc(O[C@H]2C[C@@H](C(=O)O)N(C(=O)OC(C)(C)C)C2)cc1. The fraction of sp³-hybridized carbons (Fsp3) is 0.600. The van der Waals surface area contributed by atoms with Gasteiger partial charge in [-0.3, -0.25) is 4.90 Å². The summed E-state index contributed by atoms with van der Waals surface area (Å²) in [6.07, 6.45) is 0.302. The van der Waals surface area contributed by atoms with E-state index in [2.05, 4.69) is 13.8 Å². The molecule has 6 heteroatoms. The number of ether oxygens (including phenoxy) is 2. The van der Waals surface area contributed by atoms with Gasteiger partial charge in [0.05, 0.1) is 6.54 Å². The van der Waals surface area contributed by atoms with Crippen molar-refractivity contribution in [3.8, 4) is 5.75 Å². The Balaban J connectivity index is 2.05. The molecule has 1 N–H and O–H groups in total. The maximum atomic E-state index is 12.3. The second-order valence-electron chi connectivity index (χ2n) is 7.84. The molecule has 0 spiro atoms. The van der Waals surface area contributed by atoms with Crippen molar-refractivity contribution in [3.63, 3.8) is 0 Å². The summed E-state index contributed by atoms with van der Waals surface area (Å²) in [5.74, 6) is 0.112. The number of benzene rings is 1. The van der Waals surface area contributed by atoms with Crippen LogP contribution in [0.25, 0.3) is 0 Å². The monoisotopic (exact) mass is 363 g/mol. The first kappa shape index (κ1) is 20.1. The van der Waals surface area contributed by atoms with Gasteiger partial charge in [-0.25, -0.2) is 9.59 Å². The molecule has 6 nitrogen and oxygen atoms in total. The first-order chi connectivity index (χ1) is 12.1. The van der Waals surface area contributed by atoms with Crippen molar-refractivity contribution in [1.29, 1.82) is 0 Å². The number of amides is 1. The third-order valence-electron chi connectivity index (χ3n) is 4.54. The highest BCUT2D eigenvalue weighted by atomic mass is 16.6. The molecule has 26 heavy (non-hydrogen) atoms. The lowest BCUT2D eigenvalue weighted by Gasteiger charge is -2.26. The van der Waals surface area contributed by atoms with Crippen LogP contribution in [0, 0.1) is 0 Å². The molecule has 1 amide bonds. The van der Waals surface area contributed by atoms with Crippen molar-refractivity contribution < 1.29 is 24.2 Å². The Hall–Kier alpha value is -2.24. The van der Waals surface area contributed by atoms with Crippen LogP contribution in [0.4, 0.5) is 4.79 Å². The molecule has 1 aliphatic rings. The summed E-state index contributed by atoms with van der Waals surface area (Å²) in [5.41, 5.74) is 0.565. The van der Waals surface area contributed by atoms with Gasteiger partial charge >= 0.3 is 12.1 Å². The van der Waals surface area contributed by atoms with Crippen molar-refractivity contribution in [3.05, 3.63) is 29.8 Å². The van der Waals surface area contributed by atoms with Gasteiger partial charge < -0.3 is 14.6 Å². The van der Waals surface area contributed by atoms with E-state index >= 15 is 0 Å². The molecule has 0 saturated carbocycles. The molecule has 0 aromatic heterocycles. The fourth-order valence-electron chi connectivity index (χ4n) is 2.94. The summed E-state index contributed by atoms with van der Waals surface area (Å²) >= 11 is 0. The van der Waals surface area contributed by atoms with E-state index in [1.54, 1.807) is 20.8 Å².